The molecule has 0 bridgehead atoms. The minimum atomic E-state index is 0.117. The molecule has 3 rings (SSSR count). The van der Waals surface area contributed by atoms with Crippen molar-refractivity contribution in [2.75, 3.05) is 13.1 Å². The van der Waals surface area contributed by atoms with Gasteiger partial charge in [0, 0.05) is 18.6 Å². The molecule has 1 fully saturated rings. The van der Waals surface area contributed by atoms with Gasteiger partial charge in [-0.2, -0.15) is 0 Å². The first-order valence-corrected chi connectivity index (χ1v) is 7.76. The molecule has 0 aromatic heterocycles. The third-order valence-electron chi connectivity index (χ3n) is 4.60. The highest BCUT2D eigenvalue weighted by molar-refractivity contribution is 5.83. The van der Waals surface area contributed by atoms with Crippen molar-refractivity contribution in [3.8, 4) is 0 Å². The van der Waals surface area contributed by atoms with Crippen LogP contribution in [0.4, 0.5) is 0 Å². The van der Waals surface area contributed by atoms with E-state index in [4.69, 9.17) is 5.73 Å². The number of hydrogen-bond donors (Lipinski definition) is 1. The van der Waals surface area contributed by atoms with E-state index in [-0.39, 0.29) is 6.04 Å². The van der Waals surface area contributed by atoms with Gasteiger partial charge in [0.1, 0.15) is 0 Å². The lowest BCUT2D eigenvalue weighted by Gasteiger charge is -2.26. The zero-order valence-corrected chi connectivity index (χ0v) is 12.3. The highest BCUT2D eigenvalue weighted by Gasteiger charge is 2.24. The van der Waals surface area contributed by atoms with Crippen LogP contribution in [0.3, 0.4) is 0 Å². The van der Waals surface area contributed by atoms with Gasteiger partial charge in [-0.15, -0.1) is 0 Å². The van der Waals surface area contributed by atoms with Crippen LogP contribution in [0.25, 0.3) is 10.8 Å². The molecule has 0 amide bonds. The summed E-state index contributed by atoms with van der Waals surface area (Å²) in [5, 5.41) is 2.57. The van der Waals surface area contributed by atoms with Gasteiger partial charge in [0.05, 0.1) is 0 Å². The monoisotopic (exact) mass is 268 g/mol. The predicted octanol–water partition coefficient (Wildman–Crippen LogP) is 3.71. The van der Waals surface area contributed by atoms with Crippen molar-refractivity contribution >= 4 is 10.8 Å². The molecule has 2 N–H and O–H groups in total. The van der Waals surface area contributed by atoms with E-state index in [1.165, 1.54) is 42.1 Å². The topological polar surface area (TPSA) is 29.3 Å². The standard InChI is InChI=1S/C18H24N2/c1-2-17-8-5-11-20(17)13-18(19)16-10-9-14-6-3-4-7-15(14)12-16/h3-4,6-7,9-10,12,17-18H,2,5,8,11,13,19H2,1H3. The van der Waals surface area contributed by atoms with Crippen LogP contribution in [-0.2, 0) is 0 Å². The third-order valence-corrected chi connectivity index (χ3v) is 4.60. The Morgan fingerprint density at radius 2 is 2.00 bits per heavy atom. The Morgan fingerprint density at radius 1 is 1.20 bits per heavy atom. The molecule has 0 spiro atoms. The molecule has 0 saturated carbocycles. The molecule has 0 radical (unpaired) electrons. The third kappa shape index (κ3) is 2.72. The van der Waals surface area contributed by atoms with Crippen molar-refractivity contribution < 1.29 is 0 Å². The molecular formula is C18H24N2. The average Bonchev–Trinajstić information content (AvgIpc) is 2.94. The summed E-state index contributed by atoms with van der Waals surface area (Å²) in [7, 11) is 0. The summed E-state index contributed by atoms with van der Waals surface area (Å²) < 4.78 is 0. The Labute approximate surface area is 121 Å². The average molecular weight is 268 g/mol. The lowest BCUT2D eigenvalue weighted by Crippen LogP contribution is -2.35. The lowest BCUT2D eigenvalue weighted by atomic mass is 10.0. The summed E-state index contributed by atoms with van der Waals surface area (Å²) in [5.41, 5.74) is 7.70. The lowest BCUT2D eigenvalue weighted by molar-refractivity contribution is 0.234. The fourth-order valence-corrected chi connectivity index (χ4v) is 3.39. The summed E-state index contributed by atoms with van der Waals surface area (Å²) in [6, 6.07) is 16.0. The Kier molecular flexibility index (Phi) is 4.04. The molecule has 2 atom stereocenters. The van der Waals surface area contributed by atoms with E-state index in [0.717, 1.165) is 12.6 Å². The SMILES string of the molecule is CCC1CCCN1CC(N)c1ccc2ccccc2c1. The Hall–Kier alpha value is -1.38. The Morgan fingerprint density at radius 3 is 2.80 bits per heavy atom. The first-order chi connectivity index (χ1) is 9.78. The van der Waals surface area contributed by atoms with Gasteiger partial charge in [0.25, 0.3) is 0 Å². The van der Waals surface area contributed by atoms with E-state index in [9.17, 15) is 0 Å². The van der Waals surface area contributed by atoms with Crippen LogP contribution in [-0.4, -0.2) is 24.0 Å². The van der Waals surface area contributed by atoms with Crippen LogP contribution >= 0.6 is 0 Å². The molecule has 106 valence electrons. The van der Waals surface area contributed by atoms with E-state index in [1.54, 1.807) is 0 Å². The molecule has 1 aliphatic rings. The van der Waals surface area contributed by atoms with E-state index >= 15 is 0 Å². The zero-order valence-electron chi connectivity index (χ0n) is 12.3. The van der Waals surface area contributed by atoms with Crippen molar-refractivity contribution in [2.24, 2.45) is 5.73 Å². The van der Waals surface area contributed by atoms with Crippen LogP contribution in [0.1, 0.15) is 37.8 Å². The quantitative estimate of drug-likeness (QED) is 0.916. The summed E-state index contributed by atoms with van der Waals surface area (Å²) >= 11 is 0. The molecule has 2 nitrogen and oxygen atoms in total. The largest absolute Gasteiger partial charge is 0.323 e. The number of nitrogens with zero attached hydrogens (tertiary/aromatic N) is 1. The first-order valence-electron chi connectivity index (χ1n) is 7.76. The molecule has 1 aliphatic heterocycles. The number of rotatable bonds is 4. The Balaban J connectivity index is 1.76. The second kappa shape index (κ2) is 5.94. The molecule has 20 heavy (non-hydrogen) atoms. The van der Waals surface area contributed by atoms with Crippen molar-refractivity contribution in [2.45, 2.75) is 38.3 Å². The van der Waals surface area contributed by atoms with Gasteiger partial charge in [0.15, 0.2) is 0 Å². The number of benzene rings is 2. The van der Waals surface area contributed by atoms with Gasteiger partial charge in [-0.1, -0.05) is 43.3 Å². The van der Waals surface area contributed by atoms with Crippen molar-refractivity contribution in [3.63, 3.8) is 0 Å². The van der Waals surface area contributed by atoms with Crippen molar-refractivity contribution in [1.29, 1.82) is 0 Å². The smallest absolute Gasteiger partial charge is 0.0424 e. The van der Waals surface area contributed by atoms with E-state index in [2.05, 4.69) is 54.3 Å². The second-order valence-corrected chi connectivity index (χ2v) is 5.91. The summed E-state index contributed by atoms with van der Waals surface area (Å²) in [4.78, 5) is 2.57. The predicted molar refractivity (Wildman–Crippen MR) is 85.8 cm³/mol. The Bertz CT molecular complexity index is 578. The van der Waals surface area contributed by atoms with Gasteiger partial charge in [0.2, 0.25) is 0 Å². The van der Waals surface area contributed by atoms with Crippen molar-refractivity contribution in [3.05, 3.63) is 48.0 Å². The van der Waals surface area contributed by atoms with Gasteiger partial charge < -0.3 is 5.73 Å². The molecule has 2 heteroatoms. The van der Waals surface area contributed by atoms with E-state index in [1.807, 2.05) is 0 Å². The molecule has 1 heterocycles. The van der Waals surface area contributed by atoms with Gasteiger partial charge in [-0.3, -0.25) is 4.90 Å². The van der Waals surface area contributed by atoms with Crippen LogP contribution in [0.5, 0.6) is 0 Å². The minimum absolute atomic E-state index is 0.117. The number of likely N-dealkylation sites (tertiary alicyclic amines) is 1. The molecule has 0 aliphatic carbocycles. The van der Waals surface area contributed by atoms with Gasteiger partial charge in [-0.05, 0) is 48.2 Å². The molecule has 1 saturated heterocycles. The number of nitrogens with two attached hydrogens (primary N) is 1. The summed E-state index contributed by atoms with van der Waals surface area (Å²) in [6.45, 7) is 4.47. The maximum atomic E-state index is 6.44. The fraction of sp³-hybridized carbons (Fsp3) is 0.444. The maximum Gasteiger partial charge on any atom is 0.0424 e. The van der Waals surface area contributed by atoms with Crippen LogP contribution in [0, 0.1) is 0 Å². The fourth-order valence-electron chi connectivity index (χ4n) is 3.39. The maximum absolute atomic E-state index is 6.44. The summed E-state index contributed by atoms with van der Waals surface area (Å²) in [5.74, 6) is 0. The van der Waals surface area contributed by atoms with Crippen LogP contribution in [0.15, 0.2) is 42.5 Å². The highest BCUT2D eigenvalue weighted by Crippen LogP contribution is 2.24. The highest BCUT2D eigenvalue weighted by atomic mass is 15.2. The minimum Gasteiger partial charge on any atom is -0.323 e. The summed E-state index contributed by atoms with van der Waals surface area (Å²) in [6.07, 6.45) is 3.90. The zero-order chi connectivity index (χ0) is 13.9. The number of hydrogen-bond acceptors (Lipinski definition) is 2. The van der Waals surface area contributed by atoms with E-state index in [0.29, 0.717) is 0 Å². The first kappa shape index (κ1) is 13.6. The molecule has 2 unspecified atom stereocenters. The van der Waals surface area contributed by atoms with Gasteiger partial charge in [-0.25, -0.2) is 0 Å². The molecule has 2 aromatic rings. The molecule has 2 aromatic carbocycles. The van der Waals surface area contributed by atoms with Crippen LogP contribution in [0.2, 0.25) is 0 Å². The normalized spacial score (nSPS) is 21.4. The van der Waals surface area contributed by atoms with Crippen molar-refractivity contribution in [1.82, 2.24) is 4.90 Å². The second-order valence-electron chi connectivity index (χ2n) is 5.91. The number of fused-ring (bicyclic) bond motifs is 1. The molecular weight excluding hydrogens is 244 g/mol. The van der Waals surface area contributed by atoms with Gasteiger partial charge >= 0.3 is 0 Å². The van der Waals surface area contributed by atoms with Crippen LogP contribution < -0.4 is 5.73 Å². The van der Waals surface area contributed by atoms with E-state index < -0.39 is 0 Å².